The van der Waals surface area contributed by atoms with Gasteiger partial charge in [-0.1, -0.05) is 12.1 Å². The molecule has 1 aliphatic rings. The Labute approximate surface area is 161 Å². The molecule has 1 saturated carbocycles. The summed E-state index contributed by atoms with van der Waals surface area (Å²) in [4.78, 5) is 36.1. The van der Waals surface area contributed by atoms with Gasteiger partial charge >= 0.3 is 0 Å². The summed E-state index contributed by atoms with van der Waals surface area (Å²) in [5, 5.41) is 3.00. The van der Waals surface area contributed by atoms with Gasteiger partial charge in [-0.15, -0.1) is 0 Å². The summed E-state index contributed by atoms with van der Waals surface area (Å²) in [6, 6.07) is 11.0. The zero-order valence-corrected chi connectivity index (χ0v) is 15.4. The largest absolute Gasteiger partial charge is 0.497 e. The fourth-order valence-corrected chi connectivity index (χ4v) is 3.14. The van der Waals surface area contributed by atoms with Gasteiger partial charge in [0.1, 0.15) is 17.1 Å². The highest BCUT2D eigenvalue weighted by molar-refractivity contribution is 5.94. The van der Waals surface area contributed by atoms with Crippen LogP contribution in [-0.4, -0.2) is 28.0 Å². The third kappa shape index (κ3) is 3.78. The number of H-pyrrole nitrogens is 1. The molecule has 7 nitrogen and oxygen atoms in total. The molecule has 1 aromatic carbocycles. The first-order valence-corrected chi connectivity index (χ1v) is 9.10. The van der Waals surface area contributed by atoms with Crippen LogP contribution in [0, 0.1) is 5.92 Å². The van der Waals surface area contributed by atoms with Gasteiger partial charge in [-0.2, -0.15) is 0 Å². The molecule has 2 heterocycles. The van der Waals surface area contributed by atoms with E-state index in [9.17, 15) is 9.59 Å². The van der Waals surface area contributed by atoms with Crippen LogP contribution >= 0.6 is 0 Å². The quantitative estimate of drug-likeness (QED) is 0.689. The highest BCUT2D eigenvalue weighted by Crippen LogP contribution is 2.41. The highest BCUT2D eigenvalue weighted by atomic mass is 16.5. The van der Waals surface area contributed by atoms with Crippen molar-refractivity contribution in [2.75, 3.05) is 7.11 Å². The molecule has 0 aliphatic heterocycles. The second kappa shape index (κ2) is 7.64. The summed E-state index contributed by atoms with van der Waals surface area (Å²) in [5.74, 6) is 1.08. The van der Waals surface area contributed by atoms with E-state index in [4.69, 9.17) is 4.74 Å². The predicted octanol–water partition coefficient (Wildman–Crippen LogP) is 2.72. The van der Waals surface area contributed by atoms with E-state index in [1.54, 1.807) is 31.6 Å². The molecule has 1 atom stereocenters. The Balaban J connectivity index is 1.55. The number of hydrogen-bond acceptors (Lipinski definition) is 5. The Kier molecular flexibility index (Phi) is 4.89. The molecule has 1 fully saturated rings. The lowest BCUT2D eigenvalue weighted by molar-refractivity contribution is 0.0929. The van der Waals surface area contributed by atoms with E-state index in [1.165, 1.54) is 6.20 Å². The molecule has 0 bridgehead atoms. The van der Waals surface area contributed by atoms with Gasteiger partial charge in [0, 0.05) is 24.2 Å². The van der Waals surface area contributed by atoms with Crippen LogP contribution in [0.1, 0.15) is 34.8 Å². The van der Waals surface area contributed by atoms with Crippen molar-refractivity contribution in [2.24, 2.45) is 5.92 Å². The number of carbonyl (C=O) groups is 1. The monoisotopic (exact) mass is 376 g/mol. The first-order chi connectivity index (χ1) is 13.7. The molecule has 1 aliphatic carbocycles. The fourth-order valence-electron chi connectivity index (χ4n) is 3.14. The topological polar surface area (TPSA) is 97.0 Å². The Morgan fingerprint density at radius 2 is 2.00 bits per heavy atom. The molecule has 0 saturated heterocycles. The lowest BCUT2D eigenvalue weighted by Gasteiger charge is -2.19. The number of amides is 1. The zero-order chi connectivity index (χ0) is 19.5. The van der Waals surface area contributed by atoms with Gasteiger partial charge in [-0.3, -0.25) is 14.6 Å². The maximum atomic E-state index is 12.7. The zero-order valence-electron chi connectivity index (χ0n) is 15.4. The summed E-state index contributed by atoms with van der Waals surface area (Å²) in [6.07, 6.45) is 6.65. The number of nitrogens with zero attached hydrogens (tertiary/aromatic N) is 2. The minimum Gasteiger partial charge on any atom is -0.497 e. The number of nitrogens with one attached hydrogen (secondary N) is 2. The molecule has 3 aromatic rings. The summed E-state index contributed by atoms with van der Waals surface area (Å²) in [6.45, 7) is 0. The van der Waals surface area contributed by atoms with Crippen LogP contribution in [0.2, 0.25) is 0 Å². The van der Waals surface area contributed by atoms with Crippen molar-refractivity contribution >= 4 is 5.91 Å². The molecular weight excluding hydrogens is 356 g/mol. The maximum Gasteiger partial charge on any atom is 0.264 e. The molecule has 0 spiro atoms. The summed E-state index contributed by atoms with van der Waals surface area (Å²) < 4.78 is 5.19. The number of rotatable bonds is 6. The molecule has 1 amide bonds. The smallest absolute Gasteiger partial charge is 0.264 e. The fraction of sp³-hybridized carbons (Fsp3) is 0.238. The van der Waals surface area contributed by atoms with Crippen molar-refractivity contribution in [1.29, 1.82) is 0 Å². The van der Waals surface area contributed by atoms with Gasteiger partial charge in [0.25, 0.3) is 11.5 Å². The van der Waals surface area contributed by atoms with Crippen molar-refractivity contribution < 1.29 is 9.53 Å². The second-order valence-corrected chi connectivity index (χ2v) is 6.78. The third-order valence-corrected chi connectivity index (χ3v) is 4.83. The van der Waals surface area contributed by atoms with E-state index in [-0.39, 0.29) is 11.6 Å². The average Bonchev–Trinajstić information content (AvgIpc) is 3.58. The van der Waals surface area contributed by atoms with Gasteiger partial charge < -0.3 is 15.0 Å². The molecule has 28 heavy (non-hydrogen) atoms. The number of hydrogen-bond donors (Lipinski definition) is 2. The normalized spacial score (nSPS) is 14.3. The van der Waals surface area contributed by atoms with Crippen molar-refractivity contribution in [3.05, 3.63) is 76.5 Å². The Hall–Kier alpha value is -3.48. The second-order valence-electron chi connectivity index (χ2n) is 6.78. The number of ether oxygens (including phenoxy) is 1. The molecule has 0 unspecified atom stereocenters. The number of pyridine rings is 1. The molecular formula is C21H20N4O3. The van der Waals surface area contributed by atoms with E-state index in [2.05, 4.69) is 20.3 Å². The van der Waals surface area contributed by atoms with E-state index >= 15 is 0 Å². The van der Waals surface area contributed by atoms with Crippen molar-refractivity contribution in [3.8, 4) is 17.1 Å². The summed E-state index contributed by atoms with van der Waals surface area (Å²) >= 11 is 0. The van der Waals surface area contributed by atoms with Crippen LogP contribution in [0.15, 0.2) is 59.8 Å². The molecule has 4 rings (SSSR count). The van der Waals surface area contributed by atoms with Gasteiger partial charge in [-0.25, -0.2) is 4.98 Å². The van der Waals surface area contributed by atoms with Crippen LogP contribution in [0.25, 0.3) is 11.4 Å². The molecule has 0 radical (unpaired) electrons. The number of aromatic nitrogens is 3. The standard InChI is InChI=1S/C21H20N4O3/c1-28-16-8-6-14(7-9-16)18(13-4-5-13)24-20(26)17-12-23-19(25-21(17)27)15-3-2-10-22-11-15/h2-3,6-13,18H,4-5H2,1H3,(H,24,26)(H,23,25,27)/t18-/m1/s1. The lowest BCUT2D eigenvalue weighted by atomic mass is 10.0. The van der Waals surface area contributed by atoms with E-state index in [0.29, 0.717) is 17.3 Å². The van der Waals surface area contributed by atoms with Crippen molar-refractivity contribution in [3.63, 3.8) is 0 Å². The first-order valence-electron chi connectivity index (χ1n) is 9.10. The predicted molar refractivity (Wildman–Crippen MR) is 104 cm³/mol. The van der Waals surface area contributed by atoms with E-state index in [1.807, 2.05) is 24.3 Å². The minimum absolute atomic E-state index is 0.00759. The van der Waals surface area contributed by atoms with Crippen LogP contribution < -0.4 is 15.6 Å². The van der Waals surface area contributed by atoms with E-state index in [0.717, 1.165) is 24.2 Å². The summed E-state index contributed by atoms with van der Waals surface area (Å²) in [7, 11) is 1.61. The Morgan fingerprint density at radius 3 is 2.61 bits per heavy atom. The molecule has 7 heteroatoms. The number of benzene rings is 1. The Bertz CT molecular complexity index is 1030. The van der Waals surface area contributed by atoms with Crippen LogP contribution in [-0.2, 0) is 0 Å². The van der Waals surface area contributed by atoms with Gasteiger partial charge in [0.15, 0.2) is 0 Å². The molecule has 2 N–H and O–H groups in total. The minimum atomic E-state index is -0.476. The molecule has 2 aromatic heterocycles. The van der Waals surface area contributed by atoms with Crippen molar-refractivity contribution in [2.45, 2.75) is 18.9 Å². The van der Waals surface area contributed by atoms with Crippen molar-refractivity contribution in [1.82, 2.24) is 20.3 Å². The number of methoxy groups -OCH3 is 1. The molecule has 142 valence electrons. The van der Waals surface area contributed by atoms with Crippen LogP contribution in [0.5, 0.6) is 5.75 Å². The maximum absolute atomic E-state index is 12.7. The first kappa shape index (κ1) is 17.9. The lowest BCUT2D eigenvalue weighted by Crippen LogP contribution is -2.34. The third-order valence-electron chi connectivity index (χ3n) is 4.83. The number of carbonyl (C=O) groups excluding carboxylic acids is 1. The van der Waals surface area contributed by atoms with Gasteiger partial charge in [0.2, 0.25) is 0 Å². The SMILES string of the molecule is COc1ccc([C@H](NC(=O)c2cnc(-c3cccnc3)[nH]c2=O)C2CC2)cc1. The Morgan fingerprint density at radius 1 is 1.21 bits per heavy atom. The van der Waals surface area contributed by atoms with Gasteiger partial charge in [0.05, 0.1) is 13.2 Å². The van der Waals surface area contributed by atoms with Crippen LogP contribution in [0.3, 0.4) is 0 Å². The van der Waals surface area contributed by atoms with Crippen LogP contribution in [0.4, 0.5) is 0 Å². The average molecular weight is 376 g/mol. The van der Waals surface area contributed by atoms with Gasteiger partial charge in [-0.05, 0) is 48.6 Å². The summed E-state index contributed by atoms with van der Waals surface area (Å²) in [5.41, 5.74) is 1.19. The highest BCUT2D eigenvalue weighted by Gasteiger charge is 2.34. The van der Waals surface area contributed by atoms with E-state index < -0.39 is 11.5 Å². The number of aromatic amines is 1.